The normalized spacial score (nSPS) is 13.3. The van der Waals surface area contributed by atoms with Gasteiger partial charge in [-0.1, -0.05) is 172 Å². The minimum atomic E-state index is -0.631. The Balaban J connectivity index is 1.41. The zero-order chi connectivity index (χ0) is 46.3. The largest absolute Gasteiger partial charge is 0.311 e. The lowest BCUT2D eigenvalue weighted by Crippen LogP contribution is -2.62. The number of para-hydroxylation sites is 3. The quantitative estimate of drug-likeness (QED) is 0.154. The van der Waals surface area contributed by atoms with Crippen molar-refractivity contribution in [3.8, 4) is 11.1 Å². The molecule has 0 amide bonds. The minimum Gasteiger partial charge on any atom is -0.311 e. The first-order valence-electron chi connectivity index (χ1n) is 23.1. The fraction of sp³-hybridized carbons (Fsp3) is 0.200. The maximum Gasteiger partial charge on any atom is 0.252 e. The lowest BCUT2D eigenvalue weighted by molar-refractivity contribution is 0.585. The number of hydrogen-bond acceptors (Lipinski definition) is 3. The van der Waals surface area contributed by atoms with Gasteiger partial charge in [0.05, 0.1) is 11.4 Å². The van der Waals surface area contributed by atoms with E-state index in [2.05, 4.69) is 193 Å². The van der Waals surface area contributed by atoms with Crippen LogP contribution < -0.4 is 31.1 Å². The Morgan fingerprint density at radius 2 is 0.833 bits per heavy atom. The molecule has 8 aromatic carbocycles. The van der Waals surface area contributed by atoms with Crippen LogP contribution in [0, 0.1) is 11.6 Å². The predicted molar refractivity (Wildman–Crippen MR) is 277 cm³/mol. The van der Waals surface area contributed by atoms with E-state index in [0.717, 1.165) is 78.6 Å². The van der Waals surface area contributed by atoms with E-state index in [-0.39, 0.29) is 28.6 Å². The Kier molecular flexibility index (Phi) is 10.4. The average molecular weight is 868 g/mol. The molecular weight excluding hydrogens is 811 g/mol. The summed E-state index contributed by atoms with van der Waals surface area (Å²) < 4.78 is 33.7. The van der Waals surface area contributed by atoms with Gasteiger partial charge in [0.1, 0.15) is 17.3 Å². The van der Waals surface area contributed by atoms with Gasteiger partial charge in [-0.05, 0) is 122 Å². The van der Waals surface area contributed by atoms with Crippen molar-refractivity contribution in [1.82, 2.24) is 0 Å². The molecule has 2 aliphatic heterocycles. The van der Waals surface area contributed by atoms with Crippen molar-refractivity contribution < 1.29 is 8.78 Å². The van der Waals surface area contributed by atoms with Gasteiger partial charge in [-0.15, -0.1) is 0 Å². The molecule has 0 fully saturated rings. The summed E-state index contributed by atoms with van der Waals surface area (Å²) in [7, 11) is 0. The summed E-state index contributed by atoms with van der Waals surface area (Å²) in [5, 5.41) is 0. The number of hydrogen-bond donors (Lipinski definition) is 0. The highest BCUT2D eigenvalue weighted by atomic mass is 19.1. The van der Waals surface area contributed by atoms with Gasteiger partial charge >= 0.3 is 0 Å². The minimum absolute atomic E-state index is 0.105. The van der Waals surface area contributed by atoms with Crippen molar-refractivity contribution in [2.75, 3.05) is 14.7 Å². The van der Waals surface area contributed by atoms with Crippen LogP contribution in [0.4, 0.5) is 60.0 Å². The van der Waals surface area contributed by atoms with Gasteiger partial charge < -0.3 is 14.7 Å². The van der Waals surface area contributed by atoms with E-state index >= 15 is 8.78 Å². The van der Waals surface area contributed by atoms with Gasteiger partial charge in [0.2, 0.25) is 0 Å². The van der Waals surface area contributed by atoms with E-state index in [1.54, 1.807) is 0 Å². The molecule has 0 unspecified atom stereocenters. The van der Waals surface area contributed by atoms with E-state index in [1.165, 1.54) is 29.3 Å². The molecular formula is C60H56BF2N3. The van der Waals surface area contributed by atoms with Gasteiger partial charge in [-0.25, -0.2) is 8.78 Å². The van der Waals surface area contributed by atoms with Crippen LogP contribution in [0.3, 0.4) is 0 Å². The predicted octanol–water partition coefficient (Wildman–Crippen LogP) is 15.1. The second-order valence-electron chi connectivity index (χ2n) is 21.0. The van der Waals surface area contributed by atoms with Crippen molar-refractivity contribution >= 4 is 74.3 Å². The molecule has 3 nitrogen and oxygen atoms in total. The van der Waals surface area contributed by atoms with Crippen LogP contribution in [0.25, 0.3) is 11.1 Å². The first-order valence-corrected chi connectivity index (χ1v) is 23.1. The fourth-order valence-electron chi connectivity index (χ4n) is 9.90. The van der Waals surface area contributed by atoms with Gasteiger partial charge in [0, 0.05) is 39.7 Å². The number of rotatable bonds is 6. The number of nitrogens with zero attached hydrogens (tertiary/aromatic N) is 3. The van der Waals surface area contributed by atoms with Crippen LogP contribution >= 0.6 is 0 Å². The van der Waals surface area contributed by atoms with Gasteiger partial charge in [0.25, 0.3) is 6.71 Å². The van der Waals surface area contributed by atoms with Crippen molar-refractivity contribution in [2.24, 2.45) is 0 Å². The fourth-order valence-corrected chi connectivity index (χ4v) is 9.90. The van der Waals surface area contributed by atoms with E-state index in [9.17, 15) is 0 Å². The zero-order valence-electron chi connectivity index (χ0n) is 39.4. The summed E-state index contributed by atoms with van der Waals surface area (Å²) >= 11 is 0. The Labute approximate surface area is 390 Å². The summed E-state index contributed by atoms with van der Waals surface area (Å²) in [6, 6.07) is 60.3. The molecule has 0 radical (unpaired) electrons. The summed E-state index contributed by atoms with van der Waals surface area (Å²) in [4.78, 5) is 6.56. The van der Waals surface area contributed by atoms with Crippen molar-refractivity contribution in [2.45, 2.75) is 78.6 Å². The van der Waals surface area contributed by atoms with Crippen molar-refractivity contribution in [3.05, 3.63) is 204 Å². The maximum absolute atomic E-state index is 16.8. The molecule has 0 aromatic heterocycles. The van der Waals surface area contributed by atoms with Crippen LogP contribution in [-0.4, -0.2) is 6.71 Å². The third-order valence-electron chi connectivity index (χ3n) is 13.4. The Morgan fingerprint density at radius 3 is 1.33 bits per heavy atom. The van der Waals surface area contributed by atoms with Crippen molar-refractivity contribution in [1.29, 1.82) is 0 Å². The van der Waals surface area contributed by atoms with Crippen LogP contribution in [0.15, 0.2) is 176 Å². The highest BCUT2D eigenvalue weighted by Crippen LogP contribution is 2.51. The third kappa shape index (κ3) is 7.37. The summed E-state index contributed by atoms with van der Waals surface area (Å²) in [5.41, 5.74) is 15.5. The van der Waals surface area contributed by atoms with Gasteiger partial charge in [-0.2, -0.15) is 0 Å². The first kappa shape index (κ1) is 43.0. The van der Waals surface area contributed by atoms with Crippen LogP contribution in [0.1, 0.15) is 79.0 Å². The molecule has 66 heavy (non-hydrogen) atoms. The Morgan fingerprint density at radius 1 is 0.394 bits per heavy atom. The summed E-state index contributed by atoms with van der Waals surface area (Å²) in [6.07, 6.45) is 0. The molecule has 2 aliphatic rings. The van der Waals surface area contributed by atoms with Crippen LogP contribution in [0.2, 0.25) is 0 Å². The summed E-state index contributed by atoms with van der Waals surface area (Å²) in [6.45, 7) is 19.9. The monoisotopic (exact) mass is 867 g/mol. The smallest absolute Gasteiger partial charge is 0.252 e. The first-order chi connectivity index (χ1) is 31.5. The maximum atomic E-state index is 16.8. The Bertz CT molecular complexity index is 3070. The topological polar surface area (TPSA) is 9.72 Å². The summed E-state index contributed by atoms with van der Waals surface area (Å²) in [5.74, 6) is -1.26. The molecule has 8 aromatic rings. The standard InChI is InChI=1S/C60H56BF2N3/c1-58(2,3)40-29-32-51-47(34-40)61-48-35-41(59(4,5)6)30-33-52(48)66(57-49(62)26-19-27-50(57)63)55-38-45(64(43-22-15-11-16-23-43)44-24-17-12-18-25-44)37-54(56(55)61)65(51)53-36-42(60(7,8)9)28-31-46(53)39-20-13-10-14-21-39/h10-38H,1-9H3. The van der Waals surface area contributed by atoms with Crippen LogP contribution in [0.5, 0.6) is 0 Å². The molecule has 0 aliphatic carbocycles. The molecule has 0 spiro atoms. The van der Waals surface area contributed by atoms with Gasteiger partial charge in [-0.3, -0.25) is 0 Å². The number of anilines is 9. The molecule has 0 atom stereocenters. The molecule has 2 heterocycles. The second kappa shape index (κ2) is 15.9. The molecule has 10 rings (SSSR count). The number of halogens is 2. The highest BCUT2D eigenvalue weighted by molar-refractivity contribution is 7.00. The molecule has 0 bridgehead atoms. The van der Waals surface area contributed by atoms with E-state index in [4.69, 9.17) is 0 Å². The van der Waals surface area contributed by atoms with Gasteiger partial charge in [0.15, 0.2) is 0 Å². The molecule has 0 saturated carbocycles. The lowest BCUT2D eigenvalue weighted by atomic mass is 9.33. The average Bonchev–Trinajstić information content (AvgIpc) is 3.29. The van der Waals surface area contributed by atoms with Crippen LogP contribution in [-0.2, 0) is 16.2 Å². The SMILES string of the molecule is CC(C)(C)c1ccc2c(c1)B1c3cc(C(C)(C)C)ccc3N(c3c(F)cccc3F)c3cc(N(c4ccccc4)c4ccccc4)cc(c31)N2c1cc(C(C)(C)C)ccc1-c1ccccc1. The van der Waals surface area contributed by atoms with Crippen molar-refractivity contribution in [3.63, 3.8) is 0 Å². The van der Waals surface area contributed by atoms with E-state index in [0.29, 0.717) is 0 Å². The molecule has 0 saturated heterocycles. The molecule has 6 heteroatoms. The van der Waals surface area contributed by atoms with E-state index < -0.39 is 11.6 Å². The lowest BCUT2D eigenvalue weighted by Gasteiger charge is -2.46. The number of benzene rings is 8. The highest BCUT2D eigenvalue weighted by Gasteiger charge is 2.46. The zero-order valence-corrected chi connectivity index (χ0v) is 39.4. The second-order valence-corrected chi connectivity index (χ2v) is 21.0. The molecule has 328 valence electrons. The molecule has 0 N–H and O–H groups in total. The number of fused-ring (bicyclic) bond motifs is 4. The third-order valence-corrected chi connectivity index (χ3v) is 13.4. The Hall–Kier alpha value is -6.92. The van der Waals surface area contributed by atoms with E-state index in [1.807, 2.05) is 41.3 Å².